The molecule has 0 heterocycles. The van der Waals surface area contributed by atoms with Crippen molar-refractivity contribution in [1.82, 2.24) is 0 Å². The van der Waals surface area contributed by atoms with Crippen LogP contribution in [0.2, 0.25) is 0 Å². The Kier molecular flexibility index (Phi) is 3.27. The van der Waals surface area contributed by atoms with Crippen LogP contribution in [0, 0.1) is 10.1 Å². The summed E-state index contributed by atoms with van der Waals surface area (Å²) in [6, 6.07) is 1.05. The number of hydrogen-bond donors (Lipinski definition) is 3. The second-order valence-corrected chi connectivity index (χ2v) is 3.09. The van der Waals surface area contributed by atoms with Crippen molar-refractivity contribution in [2.24, 2.45) is 0 Å². The number of carboxylic acid groups (broad SMARTS) is 3. The molecule has 3 N–H and O–H groups in total. The van der Waals surface area contributed by atoms with Crippen LogP contribution in [0.3, 0.4) is 0 Å². The van der Waals surface area contributed by atoms with Crippen molar-refractivity contribution in [2.45, 2.75) is 0 Å². The quantitative estimate of drug-likeness (QED) is 0.524. The van der Waals surface area contributed by atoms with Crippen LogP contribution in [-0.2, 0) is 0 Å². The van der Waals surface area contributed by atoms with Crippen LogP contribution in [0.15, 0.2) is 12.1 Å². The molecule has 0 aliphatic heterocycles. The van der Waals surface area contributed by atoms with Gasteiger partial charge in [0.1, 0.15) is 0 Å². The van der Waals surface area contributed by atoms with Gasteiger partial charge in [-0.15, -0.1) is 0 Å². The number of rotatable bonds is 4. The smallest absolute Gasteiger partial charge is 0.343 e. The van der Waals surface area contributed by atoms with E-state index in [-0.39, 0.29) is 0 Å². The van der Waals surface area contributed by atoms with Crippen molar-refractivity contribution in [3.63, 3.8) is 0 Å². The van der Waals surface area contributed by atoms with Gasteiger partial charge in [0.05, 0.1) is 16.1 Å². The lowest BCUT2D eigenvalue weighted by Crippen LogP contribution is -2.13. The van der Waals surface area contributed by atoms with Crippen LogP contribution in [0.25, 0.3) is 0 Å². The largest absolute Gasteiger partial charge is 0.478 e. The zero-order chi connectivity index (χ0) is 14.0. The second kappa shape index (κ2) is 4.49. The Morgan fingerprint density at radius 3 is 1.89 bits per heavy atom. The van der Waals surface area contributed by atoms with Gasteiger partial charge in [-0.3, -0.25) is 10.1 Å². The molecule has 94 valence electrons. The highest BCUT2D eigenvalue weighted by Crippen LogP contribution is 2.25. The molecule has 0 aliphatic carbocycles. The number of hydrogen-bond acceptors (Lipinski definition) is 5. The van der Waals surface area contributed by atoms with Crippen molar-refractivity contribution in [1.29, 1.82) is 0 Å². The first-order chi connectivity index (χ1) is 8.25. The molecule has 1 aromatic carbocycles. The van der Waals surface area contributed by atoms with Crippen LogP contribution in [-0.4, -0.2) is 38.2 Å². The highest BCUT2D eigenvalue weighted by Gasteiger charge is 2.29. The summed E-state index contributed by atoms with van der Waals surface area (Å²) in [7, 11) is 0. The van der Waals surface area contributed by atoms with Crippen molar-refractivity contribution < 1.29 is 34.6 Å². The van der Waals surface area contributed by atoms with Crippen molar-refractivity contribution in [3.05, 3.63) is 38.9 Å². The maximum absolute atomic E-state index is 10.8. The molecule has 0 unspecified atom stereocenters. The summed E-state index contributed by atoms with van der Waals surface area (Å²) in [6.45, 7) is 0. The molecule has 18 heavy (non-hydrogen) atoms. The Morgan fingerprint density at radius 1 is 1.00 bits per heavy atom. The number of aromatic carboxylic acids is 3. The molecule has 0 saturated carbocycles. The van der Waals surface area contributed by atoms with Crippen LogP contribution in [0.5, 0.6) is 0 Å². The van der Waals surface area contributed by atoms with Crippen LogP contribution in [0.1, 0.15) is 31.1 Å². The topological polar surface area (TPSA) is 155 Å². The Hall–Kier alpha value is -2.97. The Bertz CT molecular complexity index is 541. The van der Waals surface area contributed by atoms with Gasteiger partial charge in [-0.2, -0.15) is 0 Å². The monoisotopic (exact) mass is 255 g/mol. The third-order valence-corrected chi connectivity index (χ3v) is 2.01. The Labute approximate surface area is 98.0 Å². The van der Waals surface area contributed by atoms with Gasteiger partial charge >= 0.3 is 17.9 Å². The van der Waals surface area contributed by atoms with E-state index in [1.54, 1.807) is 0 Å². The third kappa shape index (κ3) is 2.24. The number of nitrogens with zero attached hydrogens (tertiary/aromatic N) is 1. The maximum atomic E-state index is 10.8. The summed E-state index contributed by atoms with van der Waals surface area (Å²) in [5.74, 6) is -5.19. The summed E-state index contributed by atoms with van der Waals surface area (Å²) in [5.41, 5.74) is -3.77. The number of carbonyl (C=O) groups is 3. The fourth-order valence-corrected chi connectivity index (χ4v) is 1.29. The predicted octanol–water partition coefficient (Wildman–Crippen LogP) is 0.689. The Balaban J connectivity index is 3.76. The van der Waals surface area contributed by atoms with Crippen molar-refractivity contribution in [3.8, 4) is 0 Å². The molecule has 1 rings (SSSR count). The first-order valence-electron chi connectivity index (χ1n) is 4.28. The molecule has 0 amide bonds. The van der Waals surface area contributed by atoms with E-state index in [2.05, 4.69) is 0 Å². The van der Waals surface area contributed by atoms with Gasteiger partial charge in [0, 0.05) is 6.07 Å². The molecule has 0 aromatic heterocycles. The van der Waals surface area contributed by atoms with Gasteiger partial charge in [-0.05, 0) is 6.07 Å². The zero-order valence-corrected chi connectivity index (χ0v) is 8.48. The summed E-state index contributed by atoms with van der Waals surface area (Å²) in [6.07, 6.45) is 0. The highest BCUT2D eigenvalue weighted by atomic mass is 16.6. The zero-order valence-electron chi connectivity index (χ0n) is 8.48. The molecule has 0 aliphatic rings. The van der Waals surface area contributed by atoms with Crippen molar-refractivity contribution >= 4 is 23.6 Å². The standard InChI is InChI=1S/C9H5NO8/c11-7(12)3-1-4(8(13)14)6(9(15)16)5(2-3)10(17)18/h1-2H,(H,11,12)(H,13,14)(H,15,16). The summed E-state index contributed by atoms with van der Waals surface area (Å²) in [5, 5.41) is 36.8. The Morgan fingerprint density at radius 2 is 1.56 bits per heavy atom. The van der Waals surface area contributed by atoms with Gasteiger partial charge in [-0.25, -0.2) is 14.4 Å². The SMILES string of the molecule is O=C(O)c1cc(C(=O)O)c(C(=O)O)c([N+](=O)[O-])c1. The molecule has 9 heteroatoms. The first-order valence-corrected chi connectivity index (χ1v) is 4.28. The van der Waals surface area contributed by atoms with Gasteiger partial charge in [0.2, 0.25) is 0 Å². The average molecular weight is 255 g/mol. The minimum atomic E-state index is -1.82. The lowest BCUT2D eigenvalue weighted by atomic mass is 10.0. The van der Waals surface area contributed by atoms with Gasteiger partial charge in [0.15, 0.2) is 5.56 Å². The maximum Gasteiger partial charge on any atom is 0.343 e. The van der Waals surface area contributed by atoms with E-state index >= 15 is 0 Å². The van der Waals surface area contributed by atoms with E-state index < -0.39 is 45.2 Å². The normalized spacial score (nSPS) is 9.78. The number of benzene rings is 1. The van der Waals surface area contributed by atoms with E-state index in [1.165, 1.54) is 0 Å². The van der Waals surface area contributed by atoms with E-state index in [4.69, 9.17) is 15.3 Å². The van der Waals surface area contributed by atoms with E-state index in [0.717, 1.165) is 0 Å². The predicted molar refractivity (Wildman–Crippen MR) is 54.0 cm³/mol. The molecular weight excluding hydrogens is 250 g/mol. The third-order valence-electron chi connectivity index (χ3n) is 2.01. The molecule has 1 aromatic rings. The molecular formula is C9H5NO8. The molecule has 0 fully saturated rings. The molecule has 0 spiro atoms. The minimum Gasteiger partial charge on any atom is -0.478 e. The molecule has 0 radical (unpaired) electrons. The van der Waals surface area contributed by atoms with E-state index in [1.807, 2.05) is 0 Å². The molecule has 0 atom stereocenters. The average Bonchev–Trinajstić information content (AvgIpc) is 2.26. The minimum absolute atomic E-state index is 0.498. The number of nitro groups is 1. The van der Waals surface area contributed by atoms with Gasteiger partial charge in [-0.1, -0.05) is 0 Å². The lowest BCUT2D eigenvalue weighted by Gasteiger charge is -2.04. The van der Waals surface area contributed by atoms with Gasteiger partial charge in [0.25, 0.3) is 5.69 Å². The lowest BCUT2D eigenvalue weighted by molar-refractivity contribution is -0.385. The van der Waals surface area contributed by atoms with Crippen LogP contribution >= 0.6 is 0 Å². The first kappa shape index (κ1) is 13.1. The van der Waals surface area contributed by atoms with E-state index in [9.17, 15) is 24.5 Å². The number of carboxylic acids is 3. The fraction of sp³-hybridized carbons (Fsp3) is 0. The summed E-state index contributed by atoms with van der Waals surface area (Å²) in [4.78, 5) is 41.8. The molecule has 0 bridgehead atoms. The molecule has 0 saturated heterocycles. The van der Waals surface area contributed by atoms with E-state index in [0.29, 0.717) is 12.1 Å². The van der Waals surface area contributed by atoms with Crippen LogP contribution < -0.4 is 0 Å². The molecule has 9 nitrogen and oxygen atoms in total. The number of nitro benzene ring substituents is 1. The summed E-state index contributed by atoms with van der Waals surface area (Å²) >= 11 is 0. The summed E-state index contributed by atoms with van der Waals surface area (Å²) < 4.78 is 0. The van der Waals surface area contributed by atoms with Gasteiger partial charge < -0.3 is 15.3 Å². The van der Waals surface area contributed by atoms with Crippen molar-refractivity contribution in [2.75, 3.05) is 0 Å². The second-order valence-electron chi connectivity index (χ2n) is 3.09. The fourth-order valence-electron chi connectivity index (χ4n) is 1.29. The van der Waals surface area contributed by atoms with Crippen LogP contribution in [0.4, 0.5) is 5.69 Å². The highest BCUT2D eigenvalue weighted by molar-refractivity contribution is 6.06.